The van der Waals surface area contributed by atoms with E-state index >= 15 is 0 Å². The van der Waals surface area contributed by atoms with Gasteiger partial charge in [0.25, 0.3) is 0 Å². The topological polar surface area (TPSA) is 119 Å². The van der Waals surface area contributed by atoms with E-state index in [4.69, 9.17) is 4.74 Å². The third kappa shape index (κ3) is 28.9. The SMILES string of the molecule is C=CCc1cc(C)c(-n2ccnc2-c2[c-]cccc2)c(C)c1.C=CCc1cc[c-]c(-c2nccn2-c2c(C)cc(C)cc2C)c1.C=CCc1ccc(-c2[c-]cc(F)cc2F)nc1.C=CCc1ccc2c(c1)C(C)(C)c1cc(-n3cccn3)[c-]cc1-2.C=COc1ccnc(-c2[c-]cc(F)cc2F)c1.Cc1cc(C)c(-n2ccnc2-c2[c-]cccc2)c(C)c1.Fc1c[c-]c(-c2ccccn2)c(F)c1.[Ir].[Ir].[Ir].[Ir].[Ir]. The van der Waals surface area contributed by atoms with Gasteiger partial charge in [0, 0.05) is 221 Å². The van der Waals surface area contributed by atoms with E-state index in [1.54, 1.807) is 55.0 Å². The summed E-state index contributed by atoms with van der Waals surface area (Å²) in [5.41, 5.74) is 29.5. The van der Waals surface area contributed by atoms with Crippen LogP contribution in [-0.2, 0) is 132 Å². The number of imidazole rings is 3. The summed E-state index contributed by atoms with van der Waals surface area (Å²) in [6.45, 7) is 40.3. The number of benzene rings is 11. The van der Waals surface area contributed by atoms with E-state index in [-0.39, 0.29) is 123 Å². The molecule has 0 bridgehead atoms. The molecule has 1 aliphatic rings. The maximum Gasteiger partial charge on any atom is 0.120 e. The van der Waals surface area contributed by atoms with Gasteiger partial charge in [-0.2, -0.15) is 17.2 Å². The van der Waals surface area contributed by atoms with Crippen LogP contribution in [-0.4, -0.2) is 53.4 Å². The molecule has 0 saturated heterocycles. The molecule has 727 valence electrons. The number of ether oxygens (including phenoxy) is 1. The largest absolute Gasteiger partial charge is 0.466 e. The first-order valence-corrected chi connectivity index (χ1v) is 43.9. The van der Waals surface area contributed by atoms with Gasteiger partial charge in [-0.1, -0.05) is 175 Å². The molecule has 7 aromatic heterocycles. The molecule has 0 N–H and O–H groups in total. The van der Waals surface area contributed by atoms with E-state index in [2.05, 4.69) is 272 Å². The van der Waals surface area contributed by atoms with Gasteiger partial charge in [0.2, 0.25) is 0 Å². The van der Waals surface area contributed by atoms with Crippen LogP contribution in [0.1, 0.15) is 91.7 Å². The molecule has 11 aromatic carbocycles. The normalized spacial score (nSPS) is 10.7. The van der Waals surface area contributed by atoms with Crippen LogP contribution in [0.5, 0.6) is 5.75 Å². The molecule has 0 atom stereocenters. The molecule has 1 aliphatic carbocycles. The van der Waals surface area contributed by atoms with E-state index in [1.807, 2.05) is 133 Å². The Labute approximate surface area is 890 Å². The maximum atomic E-state index is 13.5. The smallest absolute Gasteiger partial charge is 0.120 e. The van der Waals surface area contributed by atoms with E-state index in [1.165, 1.54) is 119 Å². The molecule has 141 heavy (non-hydrogen) atoms. The number of rotatable bonds is 20. The molecule has 0 spiro atoms. The Morgan fingerprint density at radius 3 is 1.23 bits per heavy atom. The van der Waals surface area contributed by atoms with Crippen LogP contribution >= 0.6 is 0 Å². The summed E-state index contributed by atoms with van der Waals surface area (Å²) in [5.74, 6) is -0.732. The molecule has 0 unspecified atom stereocenters. The fourth-order valence-corrected chi connectivity index (χ4v) is 16.4. The Balaban J connectivity index is 0.000000201. The molecule has 18 aromatic rings. The van der Waals surface area contributed by atoms with Crippen molar-refractivity contribution in [3.63, 3.8) is 0 Å². The van der Waals surface area contributed by atoms with Crippen LogP contribution in [0.3, 0.4) is 0 Å². The van der Waals surface area contributed by atoms with Crippen molar-refractivity contribution < 1.29 is 132 Å². The van der Waals surface area contributed by atoms with Gasteiger partial charge in [-0.3, -0.25) is 46.0 Å². The van der Waals surface area contributed by atoms with E-state index < -0.39 is 34.9 Å². The number of fused-ring (bicyclic) bond motifs is 3. The predicted octanol–water partition coefficient (Wildman–Crippen LogP) is 28.4. The second kappa shape index (κ2) is 54.2. The molecular formula is C118H100F6Ir5N11O-7. The van der Waals surface area contributed by atoms with Crippen molar-refractivity contribution in [1.29, 1.82) is 0 Å². The minimum absolute atomic E-state index is 0. The summed E-state index contributed by atoms with van der Waals surface area (Å²) in [6.07, 6.45) is 32.2. The van der Waals surface area contributed by atoms with Crippen molar-refractivity contribution in [3.05, 3.63) is 505 Å². The molecule has 23 heteroatoms. The number of nitrogens with zero attached hydrogens (tertiary/aromatic N) is 11. The second-order valence-electron chi connectivity index (χ2n) is 32.7. The molecule has 5 radical (unpaired) electrons. The minimum atomic E-state index is -0.715. The predicted molar refractivity (Wildman–Crippen MR) is 533 cm³/mol. The van der Waals surface area contributed by atoms with Crippen LogP contribution in [0.4, 0.5) is 26.3 Å². The van der Waals surface area contributed by atoms with Crippen molar-refractivity contribution in [2.75, 3.05) is 0 Å². The molecular weight excluding hydrogens is 2660 g/mol. The van der Waals surface area contributed by atoms with E-state index in [9.17, 15) is 26.3 Å². The third-order valence-corrected chi connectivity index (χ3v) is 22.2. The van der Waals surface area contributed by atoms with Gasteiger partial charge in [-0.05, 0) is 189 Å². The molecule has 19 rings (SSSR count). The zero-order valence-electron chi connectivity index (χ0n) is 79.1. The molecule has 0 saturated carbocycles. The van der Waals surface area contributed by atoms with Crippen molar-refractivity contribution in [2.45, 2.75) is 100 Å². The van der Waals surface area contributed by atoms with Gasteiger partial charge in [-0.15, -0.1) is 187 Å². The minimum Gasteiger partial charge on any atom is -0.466 e. The van der Waals surface area contributed by atoms with Crippen LogP contribution < -0.4 is 4.74 Å². The monoisotopic (exact) mass is 2770 g/mol. The summed E-state index contributed by atoms with van der Waals surface area (Å²) in [6, 6.07) is 86.5. The summed E-state index contributed by atoms with van der Waals surface area (Å²) in [7, 11) is 0. The van der Waals surface area contributed by atoms with E-state index in [0.717, 1.165) is 101 Å². The molecule has 0 fully saturated rings. The van der Waals surface area contributed by atoms with Crippen LogP contribution in [0, 0.1) is 133 Å². The number of hydrogen-bond donors (Lipinski definition) is 0. The van der Waals surface area contributed by atoms with Gasteiger partial charge >= 0.3 is 0 Å². The Hall–Kier alpha value is -13.0. The van der Waals surface area contributed by atoms with Crippen molar-refractivity contribution >= 4 is 0 Å². The molecule has 0 aliphatic heterocycles. The first-order chi connectivity index (χ1) is 65.7. The average molecular weight is 2760 g/mol. The molecule has 0 amide bonds. The fraction of sp³-hybridized carbons (Fsp3) is 0.127. The average Bonchev–Trinajstić information content (AvgIpc) is 1.57. The zero-order chi connectivity index (χ0) is 96.5. The first-order valence-electron chi connectivity index (χ1n) is 43.9. The Morgan fingerprint density at radius 1 is 0.348 bits per heavy atom. The maximum absolute atomic E-state index is 13.5. The first kappa shape index (κ1) is 113. The van der Waals surface area contributed by atoms with Crippen LogP contribution in [0.25, 0.3) is 102 Å². The van der Waals surface area contributed by atoms with E-state index in [0.29, 0.717) is 29.3 Å². The summed E-state index contributed by atoms with van der Waals surface area (Å²) in [4.78, 5) is 25.6. The Bertz CT molecular complexity index is 7160. The quantitative estimate of drug-likeness (QED) is 0.0320. The summed E-state index contributed by atoms with van der Waals surface area (Å²) >= 11 is 0. The van der Waals surface area contributed by atoms with Crippen LogP contribution in [0.15, 0.2) is 350 Å². The number of aryl methyl sites for hydroxylation is 8. The van der Waals surface area contributed by atoms with Gasteiger partial charge in [-0.25, -0.2) is 0 Å². The molecule has 12 nitrogen and oxygen atoms in total. The number of aromatic nitrogens is 11. The van der Waals surface area contributed by atoms with Crippen molar-refractivity contribution in [2.24, 2.45) is 0 Å². The number of hydrogen-bond acceptors (Lipinski definition) is 8. The summed E-state index contributed by atoms with van der Waals surface area (Å²) in [5, 5.41) is 4.32. The second-order valence-corrected chi connectivity index (χ2v) is 32.7. The van der Waals surface area contributed by atoms with Gasteiger partial charge in [0.1, 0.15) is 5.75 Å². The van der Waals surface area contributed by atoms with Crippen molar-refractivity contribution in [3.8, 4) is 108 Å². The number of allylic oxidation sites excluding steroid dienone is 4. The van der Waals surface area contributed by atoms with Gasteiger partial charge in [0.15, 0.2) is 0 Å². The third-order valence-electron chi connectivity index (χ3n) is 22.2. The Morgan fingerprint density at radius 2 is 0.787 bits per heavy atom. The van der Waals surface area contributed by atoms with Gasteiger partial charge < -0.3 is 33.4 Å². The Kier molecular flexibility index (Phi) is 43.5. The number of halogens is 6. The van der Waals surface area contributed by atoms with Gasteiger partial charge in [0.05, 0.1) is 23.7 Å². The molecule has 7 heterocycles. The van der Waals surface area contributed by atoms with Crippen LogP contribution in [0.2, 0.25) is 0 Å². The fourth-order valence-electron chi connectivity index (χ4n) is 16.4. The summed E-state index contributed by atoms with van der Waals surface area (Å²) < 4.78 is 91.6. The van der Waals surface area contributed by atoms with Crippen molar-refractivity contribution in [1.82, 2.24) is 53.4 Å². The zero-order valence-corrected chi connectivity index (χ0v) is 91.1. The standard InChI is InChI=1S/C21H19N2.C21H21N2.C20H19N2.C18H17N2.C14H10F2N.C13H8F2NO.C11H6F2N.5Ir/c1-4-6-15-7-9-17-18-10-8-16(23-12-5-11-22-23)14-20(18)21(2,3)19(17)13-15;1-5-7-18-8-6-9-19(14-18)21-22-10-11-23(21)20-16(3)12-15(2)13-17(20)4;1-4-8-17-13-15(2)19(16(3)14-17)22-12-11-21-20(22)18-9-6-5-7-10-18;1-13-11-14(2)17(15(3)12-13)20-10-9-19-18(20)16-7-5-4-6-8-16;1-2-3-10-4-7-14(17-9-10)12-6-5-11(15)8-13(12)16;1-2-17-10-5-6-16-13(8-10)11-4-3-9(14)7-12(11)15;12-8-4-5-9(10(13)7-8)11-3-1-2-6-14-11;;;;;/h4-5,7,9-14H,1,6H2,2-3H3;5-6,8,10-14H,1,7H2,2-4H3;4-7,9,11-14H,1,8H2,2-3H3;4-7,9-12H,1-3H3;2,4-5,7-9H,1,3H2;2-3,5-8H,1H2;1-4,6-7H;;;;;/q7*-1;;;;;. The number of pyridine rings is 3.